The Kier molecular flexibility index (Phi) is 5.64. The summed E-state index contributed by atoms with van der Waals surface area (Å²) >= 11 is 0. The van der Waals surface area contributed by atoms with Crippen LogP contribution in [0, 0.1) is 0 Å². The smallest absolute Gasteiger partial charge is 0.339 e. The number of carbonyl (C=O) groups is 3. The van der Waals surface area contributed by atoms with Crippen molar-refractivity contribution >= 4 is 17.8 Å². The number of likely N-dealkylation sites (N-methyl/N-ethyl adjacent to an activating group) is 1. The van der Waals surface area contributed by atoms with E-state index >= 15 is 0 Å². The minimum absolute atomic E-state index is 0.00617. The highest BCUT2D eigenvalue weighted by atomic mass is 16.4. The van der Waals surface area contributed by atoms with Crippen molar-refractivity contribution in [3.8, 4) is 0 Å². The summed E-state index contributed by atoms with van der Waals surface area (Å²) in [6.45, 7) is 7.24. The Bertz CT molecular complexity index is 633. The van der Waals surface area contributed by atoms with Gasteiger partial charge in [-0.2, -0.15) is 0 Å². The van der Waals surface area contributed by atoms with E-state index in [1.54, 1.807) is 11.8 Å². The Balaban J connectivity index is 2.25. The van der Waals surface area contributed by atoms with Crippen LogP contribution < -0.4 is 0 Å². The summed E-state index contributed by atoms with van der Waals surface area (Å²) < 4.78 is 5.44. The Morgan fingerprint density at radius 2 is 1.96 bits per heavy atom. The van der Waals surface area contributed by atoms with Crippen LogP contribution in [0.3, 0.4) is 0 Å². The Morgan fingerprint density at radius 3 is 2.46 bits per heavy atom. The number of hydrogen-bond acceptors (Lipinski definition) is 4. The van der Waals surface area contributed by atoms with Crippen molar-refractivity contribution < 1.29 is 23.9 Å². The fraction of sp³-hybridized carbons (Fsp3) is 0.588. The number of aromatic carboxylic acids is 1. The van der Waals surface area contributed by atoms with Gasteiger partial charge in [-0.3, -0.25) is 9.59 Å². The van der Waals surface area contributed by atoms with Gasteiger partial charge >= 0.3 is 5.97 Å². The summed E-state index contributed by atoms with van der Waals surface area (Å²) in [4.78, 5) is 39.8. The molecule has 0 spiro atoms. The first kappa shape index (κ1) is 18.0. The lowest BCUT2D eigenvalue weighted by Crippen LogP contribution is -2.47. The van der Waals surface area contributed by atoms with E-state index in [0.29, 0.717) is 32.5 Å². The van der Waals surface area contributed by atoms with Crippen LogP contribution in [0.2, 0.25) is 0 Å². The molecule has 0 saturated carbocycles. The normalized spacial score (nSPS) is 17.1. The van der Waals surface area contributed by atoms with Gasteiger partial charge in [-0.25, -0.2) is 4.79 Å². The number of rotatable bonds is 6. The second-order valence-electron chi connectivity index (χ2n) is 5.77. The quantitative estimate of drug-likeness (QED) is 0.858. The van der Waals surface area contributed by atoms with Crippen LogP contribution in [0.15, 0.2) is 10.5 Å². The lowest BCUT2D eigenvalue weighted by Gasteiger charge is -2.28. The van der Waals surface area contributed by atoms with Gasteiger partial charge < -0.3 is 19.3 Å². The third-order valence-electron chi connectivity index (χ3n) is 4.45. The van der Waals surface area contributed by atoms with E-state index in [9.17, 15) is 19.5 Å². The van der Waals surface area contributed by atoms with Gasteiger partial charge in [0.2, 0.25) is 5.91 Å². The topological polar surface area (TPSA) is 91.1 Å². The van der Waals surface area contributed by atoms with Crippen molar-refractivity contribution in [1.82, 2.24) is 9.80 Å². The molecule has 1 aromatic rings. The highest BCUT2D eigenvalue weighted by molar-refractivity contribution is 5.98. The highest BCUT2D eigenvalue weighted by Crippen LogP contribution is 2.24. The summed E-state index contributed by atoms with van der Waals surface area (Å²) in [5, 5.41) is 9.19. The number of likely N-dealkylation sites (tertiary alicyclic amines) is 1. The SMILES string of the molecule is CCc1oc(C(=O)N2CCCC2C(=O)N(CC)CC)cc1C(=O)O. The Morgan fingerprint density at radius 1 is 1.29 bits per heavy atom. The van der Waals surface area contributed by atoms with Crippen LogP contribution in [-0.2, 0) is 11.2 Å². The van der Waals surface area contributed by atoms with E-state index in [1.807, 2.05) is 13.8 Å². The zero-order valence-electron chi connectivity index (χ0n) is 14.4. The molecule has 0 radical (unpaired) electrons. The van der Waals surface area contributed by atoms with Crippen LogP contribution in [-0.4, -0.2) is 58.4 Å². The molecule has 0 bridgehead atoms. The molecule has 1 saturated heterocycles. The van der Waals surface area contributed by atoms with Gasteiger partial charge in [0.1, 0.15) is 17.4 Å². The zero-order chi connectivity index (χ0) is 17.9. The van der Waals surface area contributed by atoms with Gasteiger partial charge in [0.15, 0.2) is 5.76 Å². The number of furan rings is 1. The molecule has 1 atom stereocenters. The predicted octanol–water partition coefficient (Wildman–Crippen LogP) is 2.01. The van der Waals surface area contributed by atoms with Gasteiger partial charge in [-0.15, -0.1) is 0 Å². The molecule has 1 unspecified atom stereocenters. The number of amides is 2. The maximum atomic E-state index is 12.7. The molecular weight excluding hydrogens is 312 g/mol. The van der Waals surface area contributed by atoms with Gasteiger partial charge in [0.25, 0.3) is 5.91 Å². The molecule has 1 fully saturated rings. The monoisotopic (exact) mass is 336 g/mol. The van der Waals surface area contributed by atoms with Crippen LogP contribution in [0.4, 0.5) is 0 Å². The van der Waals surface area contributed by atoms with Crippen molar-refractivity contribution in [2.45, 2.75) is 46.1 Å². The number of carbonyl (C=O) groups excluding carboxylic acids is 2. The summed E-state index contributed by atoms with van der Waals surface area (Å²) in [5.74, 6) is -1.33. The van der Waals surface area contributed by atoms with E-state index in [0.717, 1.165) is 6.42 Å². The fourth-order valence-corrected chi connectivity index (χ4v) is 3.13. The molecular formula is C17H24N2O5. The predicted molar refractivity (Wildman–Crippen MR) is 87.0 cm³/mol. The molecule has 24 heavy (non-hydrogen) atoms. The Labute approximate surface area is 141 Å². The number of hydrogen-bond donors (Lipinski definition) is 1. The van der Waals surface area contributed by atoms with E-state index in [4.69, 9.17) is 4.42 Å². The van der Waals surface area contributed by atoms with E-state index in [1.165, 1.54) is 11.0 Å². The first-order valence-corrected chi connectivity index (χ1v) is 8.40. The summed E-state index contributed by atoms with van der Waals surface area (Å²) in [5.41, 5.74) is 0.00617. The van der Waals surface area contributed by atoms with Gasteiger partial charge in [0, 0.05) is 32.1 Å². The lowest BCUT2D eigenvalue weighted by atomic mass is 10.1. The average Bonchev–Trinajstić information content (AvgIpc) is 3.22. The van der Waals surface area contributed by atoms with Crippen LogP contribution in [0.1, 0.15) is 60.3 Å². The fourth-order valence-electron chi connectivity index (χ4n) is 3.13. The van der Waals surface area contributed by atoms with Crippen molar-refractivity contribution in [3.63, 3.8) is 0 Å². The molecule has 1 aliphatic rings. The minimum Gasteiger partial charge on any atom is -0.478 e. The molecule has 1 aliphatic heterocycles. The van der Waals surface area contributed by atoms with Crippen molar-refractivity contribution in [3.05, 3.63) is 23.2 Å². The zero-order valence-corrected chi connectivity index (χ0v) is 14.4. The van der Waals surface area contributed by atoms with Crippen molar-refractivity contribution in [1.29, 1.82) is 0 Å². The van der Waals surface area contributed by atoms with Crippen LogP contribution >= 0.6 is 0 Å². The lowest BCUT2D eigenvalue weighted by molar-refractivity contribution is -0.134. The molecule has 7 nitrogen and oxygen atoms in total. The van der Waals surface area contributed by atoms with Gasteiger partial charge in [-0.05, 0) is 26.7 Å². The molecule has 132 valence electrons. The first-order chi connectivity index (χ1) is 11.4. The molecule has 0 aliphatic carbocycles. The minimum atomic E-state index is -1.12. The maximum absolute atomic E-state index is 12.7. The third-order valence-corrected chi connectivity index (χ3v) is 4.45. The molecule has 2 rings (SSSR count). The Hall–Kier alpha value is -2.31. The van der Waals surface area contributed by atoms with Crippen LogP contribution in [0.25, 0.3) is 0 Å². The molecule has 7 heteroatoms. The third kappa shape index (κ3) is 3.29. The number of nitrogens with zero attached hydrogens (tertiary/aromatic N) is 2. The largest absolute Gasteiger partial charge is 0.478 e. The molecule has 1 N–H and O–H groups in total. The van der Waals surface area contributed by atoms with Crippen LogP contribution in [0.5, 0.6) is 0 Å². The van der Waals surface area contributed by atoms with E-state index in [-0.39, 0.29) is 23.0 Å². The second-order valence-corrected chi connectivity index (χ2v) is 5.77. The number of carboxylic acid groups (broad SMARTS) is 1. The highest BCUT2D eigenvalue weighted by Gasteiger charge is 2.37. The number of carboxylic acids is 1. The summed E-state index contributed by atoms with van der Waals surface area (Å²) in [6, 6.07) is 0.765. The summed E-state index contributed by atoms with van der Waals surface area (Å²) in [7, 11) is 0. The molecule has 2 amide bonds. The standard InChI is InChI=1S/C17H24N2O5/c1-4-13-11(17(22)23)10-14(24-13)16(21)19-9-7-8-12(19)15(20)18(5-2)6-3/h10,12H,4-9H2,1-3H3,(H,22,23). The van der Waals surface area contributed by atoms with Gasteiger partial charge in [-0.1, -0.05) is 6.92 Å². The molecule has 0 aromatic carbocycles. The van der Waals surface area contributed by atoms with Crippen molar-refractivity contribution in [2.24, 2.45) is 0 Å². The molecule has 1 aromatic heterocycles. The summed E-state index contributed by atoms with van der Waals surface area (Å²) in [6.07, 6.45) is 1.75. The second kappa shape index (κ2) is 7.51. The average molecular weight is 336 g/mol. The van der Waals surface area contributed by atoms with Gasteiger partial charge in [0.05, 0.1) is 0 Å². The molecule has 2 heterocycles. The van der Waals surface area contributed by atoms with E-state index in [2.05, 4.69) is 0 Å². The first-order valence-electron chi connectivity index (χ1n) is 8.40. The number of aryl methyl sites for hydroxylation is 1. The van der Waals surface area contributed by atoms with Crippen molar-refractivity contribution in [2.75, 3.05) is 19.6 Å². The van der Waals surface area contributed by atoms with E-state index < -0.39 is 17.9 Å². The maximum Gasteiger partial charge on any atom is 0.339 e.